The van der Waals surface area contributed by atoms with E-state index in [1.54, 1.807) is 0 Å². The maximum absolute atomic E-state index is 9.16. The normalized spacial score (nSPS) is 13.3. The van der Waals surface area contributed by atoms with E-state index >= 15 is 0 Å². The fourth-order valence-corrected chi connectivity index (χ4v) is 1.73. The number of hydrogen-bond acceptors (Lipinski definition) is 2. The molecule has 0 radical (unpaired) electrons. The standard InChI is InChI=1S/C11H14N2O/c12-5-8(7-14)10-6-13-11-4-2-1-3-9(10)11/h1-4,6,8,13-14H,5,7,12H2. The molecular formula is C11H14N2O. The molecule has 0 saturated heterocycles. The van der Waals surface area contributed by atoms with Gasteiger partial charge in [0.15, 0.2) is 0 Å². The Kier molecular flexibility index (Phi) is 2.52. The lowest BCUT2D eigenvalue weighted by Crippen LogP contribution is -2.15. The minimum Gasteiger partial charge on any atom is -0.396 e. The zero-order chi connectivity index (χ0) is 9.97. The molecule has 2 aromatic rings. The third-order valence-corrected chi connectivity index (χ3v) is 2.57. The van der Waals surface area contributed by atoms with E-state index in [-0.39, 0.29) is 12.5 Å². The number of fused-ring (bicyclic) bond motifs is 1. The quantitative estimate of drug-likeness (QED) is 0.681. The van der Waals surface area contributed by atoms with E-state index in [1.165, 1.54) is 0 Å². The maximum atomic E-state index is 9.16. The van der Waals surface area contributed by atoms with Crippen LogP contribution < -0.4 is 5.73 Å². The van der Waals surface area contributed by atoms with Crippen molar-refractivity contribution in [2.45, 2.75) is 5.92 Å². The Hall–Kier alpha value is -1.32. The summed E-state index contributed by atoms with van der Waals surface area (Å²) in [6.07, 6.45) is 1.93. The number of nitrogens with two attached hydrogens (primary N) is 1. The van der Waals surface area contributed by atoms with Crippen molar-refractivity contribution in [3.05, 3.63) is 36.0 Å². The number of para-hydroxylation sites is 1. The van der Waals surface area contributed by atoms with Crippen LogP contribution in [-0.2, 0) is 0 Å². The molecule has 0 saturated carbocycles. The summed E-state index contributed by atoms with van der Waals surface area (Å²) in [4.78, 5) is 3.17. The highest BCUT2D eigenvalue weighted by molar-refractivity contribution is 5.83. The number of benzene rings is 1. The van der Waals surface area contributed by atoms with E-state index in [2.05, 4.69) is 4.98 Å². The molecule has 3 heteroatoms. The van der Waals surface area contributed by atoms with Crippen LogP contribution in [0.5, 0.6) is 0 Å². The lowest BCUT2D eigenvalue weighted by atomic mass is 10.00. The second kappa shape index (κ2) is 3.82. The van der Waals surface area contributed by atoms with Crippen LogP contribution in [0.3, 0.4) is 0 Å². The molecule has 0 bridgehead atoms. The Morgan fingerprint density at radius 3 is 2.86 bits per heavy atom. The zero-order valence-electron chi connectivity index (χ0n) is 7.90. The van der Waals surface area contributed by atoms with Gasteiger partial charge in [0.2, 0.25) is 0 Å². The molecule has 1 aromatic carbocycles. The Labute approximate surface area is 82.6 Å². The predicted octanol–water partition coefficient (Wildman–Crippen LogP) is 1.20. The molecule has 1 unspecified atom stereocenters. The van der Waals surface area contributed by atoms with E-state index in [4.69, 9.17) is 10.8 Å². The second-order valence-electron chi connectivity index (χ2n) is 3.40. The molecule has 0 aliphatic rings. The Morgan fingerprint density at radius 2 is 2.14 bits per heavy atom. The van der Waals surface area contributed by atoms with Crippen LogP contribution in [0.4, 0.5) is 0 Å². The lowest BCUT2D eigenvalue weighted by Gasteiger charge is -2.09. The molecule has 14 heavy (non-hydrogen) atoms. The molecule has 0 spiro atoms. The highest BCUT2D eigenvalue weighted by Crippen LogP contribution is 2.24. The van der Waals surface area contributed by atoms with Gasteiger partial charge in [-0.25, -0.2) is 0 Å². The highest BCUT2D eigenvalue weighted by atomic mass is 16.3. The van der Waals surface area contributed by atoms with Crippen molar-refractivity contribution in [1.82, 2.24) is 4.98 Å². The summed E-state index contributed by atoms with van der Waals surface area (Å²) in [5, 5.41) is 10.3. The molecule has 2 rings (SSSR count). The molecule has 3 nitrogen and oxygen atoms in total. The van der Waals surface area contributed by atoms with Gasteiger partial charge in [-0.15, -0.1) is 0 Å². The summed E-state index contributed by atoms with van der Waals surface area (Å²) in [6, 6.07) is 8.03. The Balaban J connectivity index is 2.51. The minimum atomic E-state index is 0.0335. The van der Waals surface area contributed by atoms with E-state index in [0.717, 1.165) is 16.5 Å². The van der Waals surface area contributed by atoms with Gasteiger partial charge in [-0.3, -0.25) is 0 Å². The molecular weight excluding hydrogens is 176 g/mol. The first kappa shape index (κ1) is 9.24. The van der Waals surface area contributed by atoms with Gasteiger partial charge in [-0.2, -0.15) is 0 Å². The van der Waals surface area contributed by atoms with Gasteiger partial charge in [0.25, 0.3) is 0 Å². The number of H-pyrrole nitrogens is 1. The number of aromatic nitrogens is 1. The van der Waals surface area contributed by atoms with Crippen LogP contribution in [0.1, 0.15) is 11.5 Å². The summed E-state index contributed by atoms with van der Waals surface area (Å²) in [5.41, 5.74) is 7.79. The molecule has 1 atom stereocenters. The van der Waals surface area contributed by atoms with Crippen LogP contribution >= 0.6 is 0 Å². The summed E-state index contributed by atoms with van der Waals surface area (Å²) in [6.45, 7) is 0.566. The average molecular weight is 190 g/mol. The third kappa shape index (κ3) is 1.41. The molecule has 1 heterocycles. The van der Waals surface area contributed by atoms with Gasteiger partial charge in [0.05, 0.1) is 6.61 Å². The first-order valence-electron chi connectivity index (χ1n) is 4.73. The summed E-state index contributed by atoms with van der Waals surface area (Å²) in [5.74, 6) is 0.0335. The fourth-order valence-electron chi connectivity index (χ4n) is 1.73. The van der Waals surface area contributed by atoms with Crippen molar-refractivity contribution in [2.75, 3.05) is 13.2 Å². The molecule has 0 amide bonds. The average Bonchev–Trinajstić information content (AvgIpc) is 2.65. The molecule has 0 fully saturated rings. The summed E-state index contributed by atoms with van der Waals surface area (Å²) >= 11 is 0. The van der Waals surface area contributed by atoms with Gasteiger partial charge in [0, 0.05) is 29.6 Å². The van der Waals surface area contributed by atoms with Gasteiger partial charge in [-0.05, 0) is 11.6 Å². The van der Waals surface area contributed by atoms with Gasteiger partial charge >= 0.3 is 0 Å². The number of aliphatic hydroxyl groups excluding tert-OH is 1. The number of rotatable bonds is 3. The second-order valence-corrected chi connectivity index (χ2v) is 3.40. The van der Waals surface area contributed by atoms with Crippen molar-refractivity contribution in [2.24, 2.45) is 5.73 Å². The zero-order valence-corrected chi connectivity index (χ0v) is 7.90. The number of nitrogens with one attached hydrogen (secondary N) is 1. The number of hydrogen-bond donors (Lipinski definition) is 3. The first-order valence-corrected chi connectivity index (χ1v) is 4.73. The topological polar surface area (TPSA) is 62.0 Å². The van der Waals surface area contributed by atoms with Crippen molar-refractivity contribution in [3.8, 4) is 0 Å². The van der Waals surface area contributed by atoms with Crippen molar-refractivity contribution >= 4 is 10.9 Å². The van der Waals surface area contributed by atoms with Crippen LogP contribution in [0.2, 0.25) is 0 Å². The number of aliphatic hydroxyl groups is 1. The van der Waals surface area contributed by atoms with E-state index < -0.39 is 0 Å². The van der Waals surface area contributed by atoms with E-state index in [9.17, 15) is 0 Å². The smallest absolute Gasteiger partial charge is 0.0512 e. The number of aromatic amines is 1. The van der Waals surface area contributed by atoms with Gasteiger partial charge < -0.3 is 15.8 Å². The molecule has 1 aromatic heterocycles. The molecule has 4 N–H and O–H groups in total. The van der Waals surface area contributed by atoms with Crippen molar-refractivity contribution in [1.29, 1.82) is 0 Å². The van der Waals surface area contributed by atoms with Crippen LogP contribution in [-0.4, -0.2) is 23.2 Å². The largest absolute Gasteiger partial charge is 0.396 e. The van der Waals surface area contributed by atoms with Crippen molar-refractivity contribution in [3.63, 3.8) is 0 Å². The molecule has 0 aliphatic heterocycles. The monoisotopic (exact) mass is 190 g/mol. The molecule has 74 valence electrons. The van der Waals surface area contributed by atoms with E-state index in [0.29, 0.717) is 6.54 Å². The lowest BCUT2D eigenvalue weighted by molar-refractivity contribution is 0.268. The predicted molar refractivity (Wildman–Crippen MR) is 57.2 cm³/mol. The van der Waals surface area contributed by atoms with Gasteiger partial charge in [-0.1, -0.05) is 18.2 Å². The van der Waals surface area contributed by atoms with Gasteiger partial charge in [0.1, 0.15) is 0 Å². The van der Waals surface area contributed by atoms with Crippen LogP contribution in [0.25, 0.3) is 10.9 Å². The summed E-state index contributed by atoms with van der Waals surface area (Å²) in [7, 11) is 0. The Morgan fingerprint density at radius 1 is 1.36 bits per heavy atom. The fraction of sp³-hybridized carbons (Fsp3) is 0.273. The van der Waals surface area contributed by atoms with Crippen LogP contribution in [0.15, 0.2) is 30.5 Å². The van der Waals surface area contributed by atoms with Crippen LogP contribution in [0, 0.1) is 0 Å². The molecule has 0 aliphatic carbocycles. The Bertz CT molecular complexity index is 418. The summed E-state index contributed by atoms with van der Waals surface area (Å²) < 4.78 is 0. The minimum absolute atomic E-state index is 0.0335. The maximum Gasteiger partial charge on any atom is 0.0512 e. The third-order valence-electron chi connectivity index (χ3n) is 2.57. The van der Waals surface area contributed by atoms with Crippen molar-refractivity contribution < 1.29 is 5.11 Å². The highest BCUT2D eigenvalue weighted by Gasteiger charge is 2.12. The van der Waals surface area contributed by atoms with E-state index in [1.807, 2.05) is 30.5 Å². The SMILES string of the molecule is NCC(CO)c1c[nH]c2ccccc12. The first-order chi connectivity index (χ1) is 6.86.